The van der Waals surface area contributed by atoms with Gasteiger partial charge in [-0.05, 0) is 57.1 Å². The molecule has 2 rings (SSSR count). The third-order valence-electron chi connectivity index (χ3n) is 6.40. The van der Waals surface area contributed by atoms with Gasteiger partial charge in [0.25, 0.3) is 0 Å². The van der Waals surface area contributed by atoms with E-state index in [-0.39, 0.29) is 50.1 Å². The van der Waals surface area contributed by atoms with E-state index >= 15 is 0 Å². The minimum atomic E-state index is -0.784. The predicted octanol–water partition coefficient (Wildman–Crippen LogP) is 3.99. The number of hydrogen-bond donors (Lipinski definition) is 6. The van der Waals surface area contributed by atoms with Crippen molar-refractivity contribution in [2.24, 2.45) is 0 Å². The lowest BCUT2D eigenvalue weighted by molar-refractivity contribution is -0.138. The molecule has 6 N–H and O–H groups in total. The van der Waals surface area contributed by atoms with E-state index in [9.17, 15) is 19.8 Å². The number of aliphatic hydroxyl groups is 4. The molecule has 10 nitrogen and oxygen atoms in total. The summed E-state index contributed by atoms with van der Waals surface area (Å²) in [4.78, 5) is 21.1. The van der Waals surface area contributed by atoms with Crippen molar-refractivity contribution in [2.75, 3.05) is 39.6 Å². The van der Waals surface area contributed by atoms with Gasteiger partial charge < -0.3 is 40.1 Å². The number of aryl methyl sites for hydroxylation is 2. The quantitative estimate of drug-likeness (QED) is 0.159. The Morgan fingerprint density at radius 3 is 1.18 bits per heavy atom. The number of carboxylic acid groups (broad SMARTS) is 2. The van der Waals surface area contributed by atoms with Crippen molar-refractivity contribution in [3.05, 3.63) is 69.8 Å². The fourth-order valence-electron chi connectivity index (χ4n) is 4.18. The molecule has 10 heteroatoms. The van der Waals surface area contributed by atoms with E-state index in [1.807, 2.05) is 36.4 Å². The van der Waals surface area contributed by atoms with E-state index in [4.69, 9.17) is 29.9 Å². The van der Waals surface area contributed by atoms with Gasteiger partial charge in [0.05, 0.1) is 52.9 Å². The number of hydrogen-bond acceptors (Lipinski definition) is 8. The molecular weight excluding hydrogens is 568 g/mol. The fourth-order valence-corrected chi connectivity index (χ4v) is 4.18. The molecule has 0 fully saturated rings. The van der Waals surface area contributed by atoms with E-state index in [0.717, 1.165) is 33.4 Å². The largest absolute Gasteiger partial charge is 0.481 e. The fraction of sp³-hybridized carbons (Fsp3) is 0.588. The van der Waals surface area contributed by atoms with Crippen LogP contribution in [0.3, 0.4) is 0 Å². The summed E-state index contributed by atoms with van der Waals surface area (Å²) in [6.45, 7) is 14.3. The first-order valence-corrected chi connectivity index (χ1v) is 14.9. The first-order chi connectivity index (χ1) is 20.6. The van der Waals surface area contributed by atoms with Gasteiger partial charge in [0, 0.05) is 12.8 Å². The lowest BCUT2D eigenvalue weighted by atomic mass is 9.82. The maximum atomic E-state index is 10.5. The topological polar surface area (TPSA) is 174 Å². The molecule has 0 heterocycles. The second-order valence-corrected chi connectivity index (χ2v) is 12.3. The van der Waals surface area contributed by atoms with E-state index in [1.165, 1.54) is 0 Å². The van der Waals surface area contributed by atoms with Gasteiger partial charge in [-0.25, -0.2) is 0 Å². The highest BCUT2D eigenvalue weighted by molar-refractivity contribution is 5.67. The highest BCUT2D eigenvalue weighted by Crippen LogP contribution is 2.28. The summed E-state index contributed by atoms with van der Waals surface area (Å²) in [5.74, 6) is -1.57. The Bertz CT molecular complexity index is 1010. The number of carboxylic acids is 2. The standard InChI is InChI=1S/2C14H20O3.C6H14O4/c2*1-14(2,3)12-8-10(5-7-13(16)17)4-6-11(12)9-15;7-1-3-9-5-6-10-4-2-8/h2*4,6,8,15H,5,7,9H2,1-3H3,(H,16,17);7-8H,1-6H2. The summed E-state index contributed by atoms with van der Waals surface area (Å²) in [7, 11) is 0. The zero-order valence-electron chi connectivity index (χ0n) is 27.3. The highest BCUT2D eigenvalue weighted by Gasteiger charge is 2.19. The number of benzene rings is 2. The van der Waals surface area contributed by atoms with Gasteiger partial charge in [0.2, 0.25) is 0 Å². The molecule has 0 aliphatic heterocycles. The smallest absolute Gasteiger partial charge is 0.303 e. The first-order valence-electron chi connectivity index (χ1n) is 14.9. The van der Waals surface area contributed by atoms with Gasteiger partial charge >= 0.3 is 11.9 Å². The van der Waals surface area contributed by atoms with Gasteiger partial charge in [-0.1, -0.05) is 77.9 Å². The van der Waals surface area contributed by atoms with Crippen LogP contribution in [0.4, 0.5) is 0 Å². The molecule has 0 bridgehead atoms. The molecule has 2 aromatic carbocycles. The van der Waals surface area contributed by atoms with Crippen molar-refractivity contribution in [3.8, 4) is 0 Å². The van der Waals surface area contributed by atoms with Crippen LogP contribution in [-0.4, -0.2) is 82.2 Å². The van der Waals surface area contributed by atoms with Gasteiger partial charge in [-0.3, -0.25) is 9.59 Å². The molecule has 0 saturated carbocycles. The zero-order valence-corrected chi connectivity index (χ0v) is 27.3. The third kappa shape index (κ3) is 18.1. The molecule has 0 aliphatic rings. The molecule has 0 unspecified atom stereocenters. The molecule has 0 spiro atoms. The zero-order chi connectivity index (χ0) is 33.8. The van der Waals surface area contributed by atoms with E-state index < -0.39 is 11.9 Å². The molecule has 0 aliphatic carbocycles. The second-order valence-electron chi connectivity index (χ2n) is 12.3. The Labute approximate surface area is 262 Å². The van der Waals surface area contributed by atoms with Gasteiger partial charge in [-0.15, -0.1) is 0 Å². The van der Waals surface area contributed by atoms with Gasteiger partial charge in [0.15, 0.2) is 0 Å². The van der Waals surface area contributed by atoms with Crippen LogP contribution >= 0.6 is 0 Å². The van der Waals surface area contributed by atoms with Gasteiger partial charge in [-0.2, -0.15) is 0 Å². The van der Waals surface area contributed by atoms with Crippen molar-refractivity contribution >= 4 is 11.9 Å². The normalized spacial score (nSPS) is 11.2. The Kier molecular flexibility index (Phi) is 20.4. The summed E-state index contributed by atoms with van der Waals surface area (Å²) in [6, 6.07) is 11.6. The van der Waals surface area contributed by atoms with Crippen molar-refractivity contribution in [2.45, 2.75) is 91.3 Å². The molecule has 0 atom stereocenters. The van der Waals surface area contributed by atoms with Crippen molar-refractivity contribution in [1.82, 2.24) is 0 Å². The summed E-state index contributed by atoms with van der Waals surface area (Å²) in [5, 5.41) is 52.4. The van der Waals surface area contributed by atoms with Crippen LogP contribution < -0.4 is 0 Å². The monoisotopic (exact) mass is 622 g/mol. The second kappa shape index (κ2) is 21.8. The maximum absolute atomic E-state index is 10.5. The summed E-state index contributed by atoms with van der Waals surface area (Å²) >= 11 is 0. The molecule has 0 amide bonds. The highest BCUT2D eigenvalue weighted by atomic mass is 16.5. The van der Waals surface area contributed by atoms with Crippen LogP contribution in [0.1, 0.15) is 87.8 Å². The maximum Gasteiger partial charge on any atom is 0.303 e. The summed E-state index contributed by atoms with van der Waals surface area (Å²) in [6.07, 6.45) is 1.35. The van der Waals surface area contributed by atoms with Crippen LogP contribution in [0.15, 0.2) is 36.4 Å². The SMILES string of the molecule is CC(C)(C)c1cc(CCC(=O)O)ccc1CO.CC(C)(C)c1cc(CCC(=O)O)ccc1CO.OCCOCCOCCO. The van der Waals surface area contributed by atoms with E-state index in [2.05, 4.69) is 41.5 Å². The van der Waals surface area contributed by atoms with Crippen molar-refractivity contribution in [1.29, 1.82) is 0 Å². The lowest BCUT2D eigenvalue weighted by Crippen LogP contribution is -2.15. The van der Waals surface area contributed by atoms with Gasteiger partial charge in [0.1, 0.15) is 0 Å². The predicted molar refractivity (Wildman–Crippen MR) is 170 cm³/mol. The average molecular weight is 623 g/mol. The van der Waals surface area contributed by atoms with Crippen LogP contribution in [0, 0.1) is 0 Å². The number of ether oxygens (including phenoxy) is 2. The molecule has 44 heavy (non-hydrogen) atoms. The van der Waals surface area contributed by atoms with E-state index in [1.54, 1.807) is 0 Å². The number of aliphatic hydroxyl groups excluding tert-OH is 4. The summed E-state index contributed by atoms with van der Waals surface area (Å²) < 4.78 is 9.75. The third-order valence-corrected chi connectivity index (χ3v) is 6.40. The van der Waals surface area contributed by atoms with E-state index in [0.29, 0.717) is 39.3 Å². The Hall–Kier alpha value is -2.86. The van der Waals surface area contributed by atoms with Crippen LogP contribution in [0.5, 0.6) is 0 Å². The molecular formula is C34H54O10. The Balaban J connectivity index is 0.000000655. The van der Waals surface area contributed by atoms with Crippen LogP contribution in [0.25, 0.3) is 0 Å². The molecule has 0 radical (unpaired) electrons. The molecule has 0 saturated heterocycles. The van der Waals surface area contributed by atoms with Crippen molar-refractivity contribution in [3.63, 3.8) is 0 Å². The lowest BCUT2D eigenvalue weighted by Gasteiger charge is -2.23. The van der Waals surface area contributed by atoms with Crippen LogP contribution in [0.2, 0.25) is 0 Å². The van der Waals surface area contributed by atoms with Crippen molar-refractivity contribution < 1.29 is 49.7 Å². The Morgan fingerprint density at radius 1 is 0.591 bits per heavy atom. The number of rotatable bonds is 15. The molecule has 0 aromatic heterocycles. The molecule has 2 aromatic rings. The number of carbonyl (C=O) groups is 2. The Morgan fingerprint density at radius 2 is 0.932 bits per heavy atom. The minimum Gasteiger partial charge on any atom is -0.481 e. The average Bonchev–Trinajstić information content (AvgIpc) is 2.96. The van der Waals surface area contributed by atoms with Crippen LogP contribution in [-0.2, 0) is 55.9 Å². The number of aliphatic carboxylic acids is 2. The molecule has 250 valence electrons. The minimum absolute atomic E-state index is 0.0197. The first kappa shape index (κ1) is 41.1. The summed E-state index contributed by atoms with van der Waals surface area (Å²) in [5.41, 5.74) is 5.93.